The van der Waals surface area contributed by atoms with Crippen LogP contribution in [0, 0.1) is 10.1 Å². The van der Waals surface area contributed by atoms with Gasteiger partial charge in [0.1, 0.15) is 11.5 Å². The normalized spacial score (nSPS) is 14.9. The van der Waals surface area contributed by atoms with Crippen LogP contribution in [0.1, 0.15) is 35.3 Å². The van der Waals surface area contributed by atoms with Gasteiger partial charge >= 0.3 is 12.0 Å². The number of amides is 3. The maximum absolute atomic E-state index is 13.1. The van der Waals surface area contributed by atoms with Crippen molar-refractivity contribution in [1.82, 2.24) is 15.1 Å². The van der Waals surface area contributed by atoms with Crippen molar-refractivity contribution in [3.63, 3.8) is 0 Å². The summed E-state index contributed by atoms with van der Waals surface area (Å²) in [6, 6.07) is 20.0. The number of benzene rings is 3. The van der Waals surface area contributed by atoms with E-state index >= 15 is 0 Å². The fraction of sp³-hybridized carbons (Fsp3) is 0.207. The number of urea groups is 1. The number of nitro groups is 1. The number of ether oxygens (including phenoxy) is 1. The second-order valence-electron chi connectivity index (χ2n) is 9.25. The second kappa shape index (κ2) is 12.1. The second-order valence-corrected chi connectivity index (χ2v) is 9.25. The van der Waals surface area contributed by atoms with E-state index in [9.17, 15) is 29.6 Å². The molecule has 3 aromatic carbocycles. The van der Waals surface area contributed by atoms with Crippen molar-refractivity contribution >= 4 is 23.6 Å². The number of rotatable bonds is 10. The zero-order chi connectivity index (χ0) is 28.8. The molecular formula is C29H28N4O7. The number of para-hydroxylation sites is 1. The third-order valence-corrected chi connectivity index (χ3v) is 6.47. The summed E-state index contributed by atoms with van der Waals surface area (Å²) in [6.45, 7) is 1.84. The molecule has 1 atom stereocenters. The number of nitrogens with one attached hydrogen (secondary N) is 1. The fourth-order valence-electron chi connectivity index (χ4n) is 4.56. The van der Waals surface area contributed by atoms with Gasteiger partial charge in [0, 0.05) is 43.5 Å². The van der Waals surface area contributed by atoms with Crippen LogP contribution in [-0.2, 0) is 4.79 Å². The highest BCUT2D eigenvalue weighted by molar-refractivity contribution is 5.95. The summed E-state index contributed by atoms with van der Waals surface area (Å²) < 4.78 is 5.82. The van der Waals surface area contributed by atoms with Crippen LogP contribution in [0.25, 0.3) is 0 Å². The van der Waals surface area contributed by atoms with Gasteiger partial charge in [-0.15, -0.1) is 0 Å². The quantitative estimate of drug-likeness (QED) is 0.271. The summed E-state index contributed by atoms with van der Waals surface area (Å²) in [4.78, 5) is 51.8. The van der Waals surface area contributed by atoms with Crippen molar-refractivity contribution in [1.29, 1.82) is 0 Å². The summed E-state index contributed by atoms with van der Waals surface area (Å²) >= 11 is 0. The monoisotopic (exact) mass is 544 g/mol. The molecule has 206 valence electrons. The maximum Gasteiger partial charge on any atom is 0.335 e. The Hall–Kier alpha value is -5.19. The molecule has 0 aliphatic carbocycles. The van der Waals surface area contributed by atoms with Crippen LogP contribution in [-0.4, -0.2) is 57.9 Å². The number of carbonyl (C=O) groups is 3. The number of carboxylic acids is 1. The Bertz CT molecular complexity index is 1470. The van der Waals surface area contributed by atoms with Crippen molar-refractivity contribution in [3.8, 4) is 11.5 Å². The molecule has 0 saturated carbocycles. The number of hydrogen-bond donors (Lipinski definition) is 2. The molecule has 0 saturated heterocycles. The van der Waals surface area contributed by atoms with Gasteiger partial charge in [-0.1, -0.05) is 36.4 Å². The van der Waals surface area contributed by atoms with Crippen LogP contribution in [0.3, 0.4) is 0 Å². The highest BCUT2D eigenvalue weighted by Crippen LogP contribution is 2.35. The molecule has 3 amide bonds. The number of nitrogens with zero attached hydrogens (tertiary/aromatic N) is 3. The minimum atomic E-state index is -1.25. The van der Waals surface area contributed by atoms with Crippen molar-refractivity contribution in [2.24, 2.45) is 0 Å². The number of allylic oxidation sites excluding steroid dienone is 1. The fourth-order valence-corrected chi connectivity index (χ4v) is 4.56. The van der Waals surface area contributed by atoms with E-state index in [1.165, 1.54) is 34.9 Å². The first-order chi connectivity index (χ1) is 19.2. The van der Waals surface area contributed by atoms with Crippen LogP contribution in [0.4, 0.5) is 10.5 Å². The highest BCUT2D eigenvalue weighted by atomic mass is 16.6. The van der Waals surface area contributed by atoms with Crippen LogP contribution in [0.5, 0.6) is 11.5 Å². The SMILES string of the molecule is CC1=C(C(=O)O)C(c2cccc([N+](=O)[O-])c2)N(CCCN(C)C(=O)c2cccc(Oc3ccccc3)c2)C(=O)N1. The van der Waals surface area contributed by atoms with Crippen LogP contribution in [0.2, 0.25) is 0 Å². The summed E-state index contributed by atoms with van der Waals surface area (Å²) in [5.74, 6) is -0.343. The molecule has 0 radical (unpaired) electrons. The molecule has 0 fully saturated rings. The first-order valence-electron chi connectivity index (χ1n) is 12.5. The number of aliphatic carboxylic acids is 1. The Labute approximate surface area is 230 Å². The Morgan fingerprint density at radius 3 is 2.45 bits per heavy atom. The minimum absolute atomic E-state index is 0.0836. The van der Waals surface area contributed by atoms with Crippen molar-refractivity contribution in [2.45, 2.75) is 19.4 Å². The van der Waals surface area contributed by atoms with E-state index in [1.54, 1.807) is 37.4 Å². The number of carbonyl (C=O) groups excluding carboxylic acids is 2. The summed E-state index contributed by atoms with van der Waals surface area (Å²) in [5.41, 5.74) is 0.595. The number of non-ortho nitro benzene ring substituents is 1. The zero-order valence-electron chi connectivity index (χ0n) is 21.9. The van der Waals surface area contributed by atoms with E-state index in [2.05, 4.69) is 5.32 Å². The Morgan fingerprint density at radius 1 is 1.05 bits per heavy atom. The van der Waals surface area contributed by atoms with E-state index in [0.29, 0.717) is 29.0 Å². The molecular weight excluding hydrogens is 516 g/mol. The van der Waals surface area contributed by atoms with E-state index in [0.717, 1.165) is 0 Å². The van der Waals surface area contributed by atoms with Crippen molar-refractivity contribution < 1.29 is 29.2 Å². The summed E-state index contributed by atoms with van der Waals surface area (Å²) in [7, 11) is 1.63. The van der Waals surface area contributed by atoms with E-state index in [1.807, 2.05) is 30.3 Å². The van der Waals surface area contributed by atoms with Gasteiger partial charge in [0.05, 0.1) is 16.5 Å². The van der Waals surface area contributed by atoms with Gasteiger partial charge < -0.3 is 25.0 Å². The molecule has 1 unspecified atom stereocenters. The lowest BCUT2D eigenvalue weighted by Crippen LogP contribution is -2.49. The van der Waals surface area contributed by atoms with Crippen molar-refractivity contribution in [2.75, 3.05) is 20.1 Å². The summed E-state index contributed by atoms with van der Waals surface area (Å²) in [6.07, 6.45) is 0.327. The zero-order valence-corrected chi connectivity index (χ0v) is 21.9. The topological polar surface area (TPSA) is 142 Å². The van der Waals surface area contributed by atoms with Gasteiger partial charge in [-0.2, -0.15) is 0 Å². The molecule has 11 heteroatoms. The average Bonchev–Trinajstić information content (AvgIpc) is 2.93. The van der Waals surface area contributed by atoms with Crippen LogP contribution < -0.4 is 10.1 Å². The van der Waals surface area contributed by atoms with Gasteiger partial charge in [-0.3, -0.25) is 14.9 Å². The third kappa shape index (κ3) is 6.26. The van der Waals surface area contributed by atoms with Gasteiger partial charge in [0.15, 0.2) is 0 Å². The van der Waals surface area contributed by atoms with Gasteiger partial charge in [-0.05, 0) is 49.2 Å². The molecule has 0 spiro atoms. The van der Waals surface area contributed by atoms with E-state index < -0.39 is 23.0 Å². The maximum atomic E-state index is 13.1. The lowest BCUT2D eigenvalue weighted by Gasteiger charge is -2.37. The predicted octanol–water partition coefficient (Wildman–Crippen LogP) is 4.97. The molecule has 0 bridgehead atoms. The van der Waals surface area contributed by atoms with Crippen LogP contribution >= 0.6 is 0 Å². The molecule has 1 aliphatic heterocycles. The Balaban J connectivity index is 1.48. The van der Waals surface area contributed by atoms with Gasteiger partial charge in [-0.25, -0.2) is 9.59 Å². The molecule has 4 rings (SSSR count). The Kier molecular flexibility index (Phi) is 8.43. The average molecular weight is 545 g/mol. The number of carboxylic acid groups (broad SMARTS) is 1. The molecule has 1 aliphatic rings. The largest absolute Gasteiger partial charge is 0.478 e. The number of nitro benzene ring substituents is 1. The standard InChI is InChI=1S/C29H28N4O7/c1-19-25(28(35)36)26(20-9-6-11-22(17-20)33(38)39)32(29(37)30-19)16-8-15-31(2)27(34)21-10-7-14-24(18-21)40-23-12-4-3-5-13-23/h3-7,9-14,17-18,26H,8,15-16H2,1-2H3,(H,30,37)(H,35,36). The molecule has 3 aromatic rings. The predicted molar refractivity (Wildman–Crippen MR) is 146 cm³/mol. The molecule has 11 nitrogen and oxygen atoms in total. The van der Waals surface area contributed by atoms with E-state index in [4.69, 9.17) is 4.74 Å². The first-order valence-corrected chi connectivity index (χ1v) is 12.5. The highest BCUT2D eigenvalue weighted by Gasteiger charge is 2.38. The molecule has 1 heterocycles. The van der Waals surface area contributed by atoms with Crippen LogP contribution in [0.15, 0.2) is 90.1 Å². The van der Waals surface area contributed by atoms with Gasteiger partial charge in [0.2, 0.25) is 0 Å². The molecule has 2 N–H and O–H groups in total. The first kappa shape index (κ1) is 27.8. The minimum Gasteiger partial charge on any atom is -0.478 e. The summed E-state index contributed by atoms with van der Waals surface area (Å²) in [5, 5.41) is 23.8. The Morgan fingerprint density at radius 2 is 1.75 bits per heavy atom. The van der Waals surface area contributed by atoms with Gasteiger partial charge in [0.25, 0.3) is 11.6 Å². The smallest absolute Gasteiger partial charge is 0.335 e. The lowest BCUT2D eigenvalue weighted by atomic mass is 9.93. The third-order valence-electron chi connectivity index (χ3n) is 6.47. The van der Waals surface area contributed by atoms with E-state index in [-0.39, 0.29) is 36.0 Å². The lowest BCUT2D eigenvalue weighted by molar-refractivity contribution is -0.384. The number of hydrogen-bond acceptors (Lipinski definition) is 6. The molecule has 40 heavy (non-hydrogen) atoms. The van der Waals surface area contributed by atoms with Crippen molar-refractivity contribution in [3.05, 3.63) is 111 Å². The molecule has 0 aromatic heterocycles.